The first kappa shape index (κ1) is 15.2. The Morgan fingerprint density at radius 2 is 2.00 bits per heavy atom. The molecule has 1 aromatic carbocycles. The molecule has 1 aliphatic rings. The van der Waals surface area contributed by atoms with E-state index in [0.717, 1.165) is 13.1 Å². The van der Waals surface area contributed by atoms with Crippen molar-refractivity contribution in [3.8, 4) is 0 Å². The van der Waals surface area contributed by atoms with Gasteiger partial charge in [-0.25, -0.2) is 0 Å². The van der Waals surface area contributed by atoms with E-state index in [1.165, 1.54) is 17.8 Å². The summed E-state index contributed by atoms with van der Waals surface area (Å²) >= 11 is 0. The zero-order chi connectivity index (χ0) is 14.7. The second-order valence-corrected chi connectivity index (χ2v) is 6.36. The Labute approximate surface area is 124 Å². The van der Waals surface area contributed by atoms with Crippen molar-refractivity contribution in [2.75, 3.05) is 37.0 Å². The molecule has 1 saturated heterocycles. The quantitative estimate of drug-likeness (QED) is 0.911. The highest BCUT2D eigenvalue weighted by Crippen LogP contribution is 2.32. The molecule has 112 valence electrons. The lowest BCUT2D eigenvalue weighted by molar-refractivity contribution is 0.333. The van der Waals surface area contributed by atoms with Gasteiger partial charge in [-0.05, 0) is 24.5 Å². The average molecular weight is 275 g/mol. The number of piperazine rings is 1. The first-order chi connectivity index (χ1) is 9.54. The molecule has 1 heterocycles. The maximum atomic E-state index is 3.69. The van der Waals surface area contributed by atoms with E-state index in [1.807, 2.05) is 0 Å². The van der Waals surface area contributed by atoms with Gasteiger partial charge in [-0.2, -0.15) is 0 Å². The molecule has 0 amide bonds. The molecule has 3 nitrogen and oxygen atoms in total. The maximum Gasteiger partial charge on any atom is 0.0607 e. The lowest BCUT2D eigenvalue weighted by Crippen LogP contribution is -2.58. The summed E-state index contributed by atoms with van der Waals surface area (Å²) in [5.74, 6) is 0.649. The maximum absolute atomic E-state index is 3.69. The van der Waals surface area contributed by atoms with Crippen LogP contribution in [-0.2, 0) is 0 Å². The smallest absolute Gasteiger partial charge is 0.0607 e. The summed E-state index contributed by atoms with van der Waals surface area (Å²) in [6, 6.07) is 9.93. The third-order valence-electron chi connectivity index (χ3n) is 4.37. The number of rotatable bonds is 4. The zero-order valence-electron chi connectivity index (χ0n) is 13.6. The number of hydrogen-bond donors (Lipinski definition) is 1. The molecule has 1 aromatic rings. The number of benzene rings is 1. The zero-order valence-corrected chi connectivity index (χ0v) is 13.6. The Kier molecular flexibility index (Phi) is 4.92. The molecule has 0 bridgehead atoms. The average Bonchev–Trinajstić information content (AvgIpc) is 2.46. The fourth-order valence-electron chi connectivity index (χ4n) is 3.07. The monoisotopic (exact) mass is 275 g/mol. The number of nitrogens with zero attached hydrogens (tertiary/aromatic N) is 2. The molecule has 2 unspecified atom stereocenters. The van der Waals surface area contributed by atoms with Crippen LogP contribution in [0.25, 0.3) is 0 Å². The molecule has 0 saturated carbocycles. The standard InChI is InChI=1S/C17H29N3/c1-6-14-12-20(17(11-18-14)13(2)3)16-10-8-7-9-15(16)19(4)5/h7-10,13-14,17-18H,6,11-12H2,1-5H3. The lowest BCUT2D eigenvalue weighted by Gasteiger charge is -2.45. The van der Waals surface area contributed by atoms with Crippen LogP contribution in [0.2, 0.25) is 0 Å². The SMILES string of the molecule is CCC1CN(c2ccccc2N(C)C)C(C(C)C)CN1. The van der Waals surface area contributed by atoms with Crippen LogP contribution in [0.5, 0.6) is 0 Å². The first-order valence-electron chi connectivity index (χ1n) is 7.81. The van der Waals surface area contributed by atoms with Crippen molar-refractivity contribution in [1.29, 1.82) is 0 Å². The summed E-state index contributed by atoms with van der Waals surface area (Å²) in [6.45, 7) is 9.10. The van der Waals surface area contributed by atoms with Gasteiger partial charge >= 0.3 is 0 Å². The minimum absolute atomic E-state index is 0.568. The minimum atomic E-state index is 0.568. The molecule has 2 atom stereocenters. The summed E-state index contributed by atoms with van der Waals surface area (Å²) in [5.41, 5.74) is 2.69. The summed E-state index contributed by atoms with van der Waals surface area (Å²) in [6.07, 6.45) is 1.19. The lowest BCUT2D eigenvalue weighted by atomic mass is 9.96. The Balaban J connectivity index is 2.35. The van der Waals surface area contributed by atoms with Crippen molar-refractivity contribution in [1.82, 2.24) is 5.32 Å². The van der Waals surface area contributed by atoms with Gasteiger partial charge in [-0.3, -0.25) is 0 Å². The first-order valence-corrected chi connectivity index (χ1v) is 7.81. The second kappa shape index (κ2) is 6.49. The van der Waals surface area contributed by atoms with E-state index in [2.05, 4.69) is 74.2 Å². The third kappa shape index (κ3) is 3.09. The fourth-order valence-corrected chi connectivity index (χ4v) is 3.07. The number of para-hydroxylation sites is 2. The topological polar surface area (TPSA) is 18.5 Å². The van der Waals surface area contributed by atoms with Gasteiger partial charge in [-0.1, -0.05) is 32.9 Å². The molecule has 2 rings (SSSR count). The van der Waals surface area contributed by atoms with Crippen molar-refractivity contribution in [2.24, 2.45) is 5.92 Å². The van der Waals surface area contributed by atoms with E-state index in [9.17, 15) is 0 Å². The third-order valence-corrected chi connectivity index (χ3v) is 4.37. The van der Waals surface area contributed by atoms with Gasteiger partial charge in [0.25, 0.3) is 0 Å². The van der Waals surface area contributed by atoms with Crippen molar-refractivity contribution < 1.29 is 0 Å². The van der Waals surface area contributed by atoms with E-state index in [4.69, 9.17) is 0 Å². The van der Waals surface area contributed by atoms with Crippen molar-refractivity contribution in [2.45, 2.75) is 39.3 Å². The Hall–Kier alpha value is -1.22. The van der Waals surface area contributed by atoms with Crippen LogP contribution in [-0.4, -0.2) is 39.3 Å². The number of hydrogen-bond acceptors (Lipinski definition) is 3. The molecular weight excluding hydrogens is 246 g/mol. The van der Waals surface area contributed by atoms with Gasteiger partial charge in [0.2, 0.25) is 0 Å². The number of nitrogens with one attached hydrogen (secondary N) is 1. The second-order valence-electron chi connectivity index (χ2n) is 6.36. The van der Waals surface area contributed by atoms with Crippen molar-refractivity contribution >= 4 is 11.4 Å². The van der Waals surface area contributed by atoms with Crippen LogP contribution in [0, 0.1) is 5.92 Å². The Morgan fingerprint density at radius 1 is 1.30 bits per heavy atom. The molecule has 0 spiro atoms. The van der Waals surface area contributed by atoms with Gasteiger partial charge in [0.1, 0.15) is 0 Å². The highest BCUT2D eigenvalue weighted by Gasteiger charge is 2.30. The van der Waals surface area contributed by atoms with Gasteiger partial charge in [0.15, 0.2) is 0 Å². The molecule has 1 N–H and O–H groups in total. The molecule has 20 heavy (non-hydrogen) atoms. The van der Waals surface area contributed by atoms with Crippen LogP contribution in [0.3, 0.4) is 0 Å². The van der Waals surface area contributed by atoms with Gasteiger partial charge in [0.05, 0.1) is 11.4 Å². The Bertz CT molecular complexity index is 428. The van der Waals surface area contributed by atoms with Gasteiger partial charge < -0.3 is 15.1 Å². The largest absolute Gasteiger partial charge is 0.376 e. The summed E-state index contributed by atoms with van der Waals surface area (Å²) in [5, 5.41) is 3.69. The normalized spacial score (nSPS) is 23.2. The highest BCUT2D eigenvalue weighted by molar-refractivity contribution is 5.71. The van der Waals surface area contributed by atoms with Crippen LogP contribution in [0.15, 0.2) is 24.3 Å². The highest BCUT2D eigenvalue weighted by atomic mass is 15.3. The minimum Gasteiger partial charge on any atom is -0.376 e. The van der Waals surface area contributed by atoms with Crippen LogP contribution < -0.4 is 15.1 Å². The fraction of sp³-hybridized carbons (Fsp3) is 0.647. The van der Waals surface area contributed by atoms with E-state index in [1.54, 1.807) is 0 Å². The predicted octanol–water partition coefficient (Wildman–Crippen LogP) is 2.97. The molecule has 0 aliphatic carbocycles. The van der Waals surface area contributed by atoms with Crippen molar-refractivity contribution in [3.63, 3.8) is 0 Å². The van der Waals surface area contributed by atoms with Crippen LogP contribution in [0.1, 0.15) is 27.2 Å². The summed E-state index contributed by atoms with van der Waals surface area (Å²) in [7, 11) is 4.26. The molecule has 0 radical (unpaired) electrons. The van der Waals surface area contributed by atoms with Crippen molar-refractivity contribution in [3.05, 3.63) is 24.3 Å². The molecule has 1 aliphatic heterocycles. The van der Waals surface area contributed by atoms with E-state index < -0.39 is 0 Å². The van der Waals surface area contributed by atoms with E-state index >= 15 is 0 Å². The van der Waals surface area contributed by atoms with Gasteiger partial charge in [0, 0.05) is 39.3 Å². The van der Waals surface area contributed by atoms with Crippen LogP contribution >= 0.6 is 0 Å². The predicted molar refractivity (Wildman–Crippen MR) is 88.8 cm³/mol. The summed E-state index contributed by atoms with van der Waals surface area (Å²) in [4.78, 5) is 4.83. The van der Waals surface area contributed by atoms with E-state index in [0.29, 0.717) is 18.0 Å². The summed E-state index contributed by atoms with van der Waals surface area (Å²) < 4.78 is 0. The van der Waals surface area contributed by atoms with Crippen LogP contribution in [0.4, 0.5) is 11.4 Å². The van der Waals surface area contributed by atoms with E-state index in [-0.39, 0.29) is 0 Å². The molecule has 3 heteroatoms. The number of anilines is 2. The molecule has 1 fully saturated rings. The molecule has 0 aromatic heterocycles. The Morgan fingerprint density at radius 3 is 2.60 bits per heavy atom. The van der Waals surface area contributed by atoms with Gasteiger partial charge in [-0.15, -0.1) is 0 Å². The molecular formula is C17H29N3.